The van der Waals surface area contributed by atoms with E-state index < -0.39 is 11.1 Å². The summed E-state index contributed by atoms with van der Waals surface area (Å²) in [6, 6.07) is 3.67. The number of methoxy groups -OCH3 is 1. The van der Waals surface area contributed by atoms with E-state index in [9.17, 15) is 19.7 Å². The maximum atomic E-state index is 12.0. The molecule has 0 radical (unpaired) electrons. The van der Waals surface area contributed by atoms with Crippen molar-refractivity contribution >= 4 is 17.7 Å². The third kappa shape index (κ3) is 3.95. The van der Waals surface area contributed by atoms with Crippen LogP contribution in [0.1, 0.15) is 17.9 Å². The molecule has 9 heteroatoms. The van der Waals surface area contributed by atoms with E-state index in [0.717, 1.165) is 0 Å². The van der Waals surface area contributed by atoms with Gasteiger partial charge in [-0.3, -0.25) is 14.9 Å². The standard InChI is InChI=1S/C14H16N2O7/c1-22-5-4-15-8-9(6-13(15)17)11-7-10(16(20)21)2-3-12(11)23-14(18)19/h2-3,7,9H,4-6,8H2,1H3,(H,18,19)/t9-/m1/s1. The minimum atomic E-state index is -1.51. The van der Waals surface area contributed by atoms with Gasteiger partial charge in [0.05, 0.1) is 11.5 Å². The lowest BCUT2D eigenvalue weighted by molar-refractivity contribution is -0.385. The molecular weight excluding hydrogens is 308 g/mol. The zero-order chi connectivity index (χ0) is 17.0. The molecule has 1 saturated heterocycles. The highest BCUT2D eigenvalue weighted by atomic mass is 16.7. The number of ether oxygens (including phenoxy) is 2. The molecular formula is C14H16N2O7. The van der Waals surface area contributed by atoms with Crippen molar-refractivity contribution in [2.24, 2.45) is 0 Å². The van der Waals surface area contributed by atoms with Gasteiger partial charge in [0.25, 0.3) is 5.69 Å². The van der Waals surface area contributed by atoms with Crippen LogP contribution in [0.25, 0.3) is 0 Å². The van der Waals surface area contributed by atoms with Crippen LogP contribution in [0.2, 0.25) is 0 Å². The van der Waals surface area contributed by atoms with Crippen LogP contribution in [0.3, 0.4) is 0 Å². The SMILES string of the molecule is COCCN1C[C@H](c2cc([N+](=O)[O-])ccc2OC(=O)O)CC1=O. The van der Waals surface area contributed by atoms with Gasteiger partial charge in [-0.15, -0.1) is 0 Å². The summed E-state index contributed by atoms with van der Waals surface area (Å²) in [5.41, 5.74) is 0.162. The van der Waals surface area contributed by atoms with E-state index in [4.69, 9.17) is 9.84 Å². The maximum absolute atomic E-state index is 12.0. The fourth-order valence-electron chi connectivity index (χ4n) is 2.55. The van der Waals surface area contributed by atoms with Crippen molar-refractivity contribution < 1.29 is 29.1 Å². The molecule has 0 bridgehead atoms. The molecule has 0 spiro atoms. The van der Waals surface area contributed by atoms with Crippen LogP contribution in [0, 0.1) is 10.1 Å². The van der Waals surface area contributed by atoms with E-state index in [1.807, 2.05) is 0 Å². The van der Waals surface area contributed by atoms with Gasteiger partial charge in [0.15, 0.2) is 0 Å². The van der Waals surface area contributed by atoms with Crippen LogP contribution in [0.4, 0.5) is 10.5 Å². The van der Waals surface area contributed by atoms with Gasteiger partial charge in [-0.25, -0.2) is 4.79 Å². The molecule has 1 aromatic carbocycles. The number of benzene rings is 1. The fraction of sp³-hybridized carbons (Fsp3) is 0.429. The van der Waals surface area contributed by atoms with Crippen molar-refractivity contribution in [3.63, 3.8) is 0 Å². The first kappa shape index (κ1) is 16.7. The third-order valence-corrected chi connectivity index (χ3v) is 3.62. The molecule has 1 fully saturated rings. The average Bonchev–Trinajstić information content (AvgIpc) is 2.85. The Kier molecular flexibility index (Phi) is 5.12. The summed E-state index contributed by atoms with van der Waals surface area (Å²) in [6.07, 6.45) is -1.37. The molecule has 0 unspecified atom stereocenters. The number of carbonyl (C=O) groups excluding carboxylic acids is 1. The second-order valence-corrected chi connectivity index (χ2v) is 5.08. The van der Waals surface area contributed by atoms with Gasteiger partial charge >= 0.3 is 6.16 Å². The lowest BCUT2D eigenvalue weighted by atomic mass is 9.96. The Balaban J connectivity index is 2.29. The van der Waals surface area contributed by atoms with E-state index >= 15 is 0 Å². The van der Waals surface area contributed by atoms with Crippen LogP contribution in [-0.2, 0) is 9.53 Å². The maximum Gasteiger partial charge on any atom is 0.511 e. The summed E-state index contributed by atoms with van der Waals surface area (Å²) < 4.78 is 9.62. The van der Waals surface area contributed by atoms with Gasteiger partial charge in [-0.2, -0.15) is 0 Å². The number of likely N-dealkylation sites (tertiary alicyclic amines) is 1. The summed E-state index contributed by atoms with van der Waals surface area (Å²) in [6.45, 7) is 1.13. The molecule has 0 saturated carbocycles. The normalized spacial score (nSPS) is 17.3. The molecule has 1 atom stereocenters. The third-order valence-electron chi connectivity index (χ3n) is 3.62. The largest absolute Gasteiger partial charge is 0.511 e. The average molecular weight is 324 g/mol. The number of non-ortho nitro benzene ring substituents is 1. The Morgan fingerprint density at radius 1 is 1.52 bits per heavy atom. The zero-order valence-corrected chi connectivity index (χ0v) is 12.4. The molecule has 1 aromatic rings. The molecule has 0 aromatic heterocycles. The second kappa shape index (κ2) is 7.05. The highest BCUT2D eigenvalue weighted by Gasteiger charge is 2.33. The molecule has 1 aliphatic rings. The Morgan fingerprint density at radius 3 is 2.87 bits per heavy atom. The summed E-state index contributed by atoms with van der Waals surface area (Å²) in [5, 5.41) is 19.7. The summed E-state index contributed by atoms with van der Waals surface area (Å²) >= 11 is 0. The van der Waals surface area contributed by atoms with Gasteiger partial charge < -0.3 is 19.5 Å². The molecule has 2 rings (SSSR count). The first-order chi connectivity index (χ1) is 10.9. The van der Waals surface area contributed by atoms with Crippen molar-refractivity contribution in [1.29, 1.82) is 0 Å². The van der Waals surface area contributed by atoms with Crippen LogP contribution < -0.4 is 4.74 Å². The van der Waals surface area contributed by atoms with Crippen molar-refractivity contribution in [3.05, 3.63) is 33.9 Å². The van der Waals surface area contributed by atoms with Crippen molar-refractivity contribution in [2.75, 3.05) is 26.8 Å². The highest BCUT2D eigenvalue weighted by molar-refractivity contribution is 5.80. The first-order valence-corrected chi connectivity index (χ1v) is 6.88. The molecule has 1 aliphatic heterocycles. The van der Waals surface area contributed by atoms with Crippen molar-refractivity contribution in [1.82, 2.24) is 4.90 Å². The molecule has 1 N–H and O–H groups in total. The van der Waals surface area contributed by atoms with Gasteiger partial charge in [-0.05, 0) is 6.07 Å². The Morgan fingerprint density at radius 2 is 2.26 bits per heavy atom. The number of nitro groups is 1. The van der Waals surface area contributed by atoms with E-state index in [2.05, 4.69) is 4.74 Å². The van der Waals surface area contributed by atoms with Crippen molar-refractivity contribution in [2.45, 2.75) is 12.3 Å². The summed E-state index contributed by atoms with van der Waals surface area (Å²) in [5.74, 6) is -0.470. The molecule has 23 heavy (non-hydrogen) atoms. The summed E-state index contributed by atoms with van der Waals surface area (Å²) in [4.78, 5) is 34.7. The van der Waals surface area contributed by atoms with Crippen molar-refractivity contribution in [3.8, 4) is 5.75 Å². The lowest BCUT2D eigenvalue weighted by Crippen LogP contribution is -2.28. The minimum absolute atomic E-state index is 0.00879. The quantitative estimate of drug-likeness (QED) is 0.365. The van der Waals surface area contributed by atoms with Crippen LogP contribution >= 0.6 is 0 Å². The summed E-state index contributed by atoms with van der Waals surface area (Å²) in [7, 11) is 1.53. The van der Waals surface area contributed by atoms with Crippen LogP contribution in [-0.4, -0.2) is 53.8 Å². The second-order valence-electron chi connectivity index (χ2n) is 5.08. The molecule has 1 amide bonds. The minimum Gasteiger partial charge on any atom is -0.449 e. The van der Waals surface area contributed by atoms with Crippen LogP contribution in [0.15, 0.2) is 18.2 Å². The predicted molar refractivity (Wildman–Crippen MR) is 77.6 cm³/mol. The zero-order valence-electron chi connectivity index (χ0n) is 12.4. The fourth-order valence-corrected chi connectivity index (χ4v) is 2.55. The van der Waals surface area contributed by atoms with E-state index in [1.165, 1.54) is 25.3 Å². The predicted octanol–water partition coefficient (Wildman–Crippen LogP) is 1.61. The first-order valence-electron chi connectivity index (χ1n) is 6.88. The van der Waals surface area contributed by atoms with Gasteiger partial charge in [0, 0.05) is 50.2 Å². The Bertz CT molecular complexity index is 632. The van der Waals surface area contributed by atoms with Gasteiger partial charge in [-0.1, -0.05) is 0 Å². The number of hydrogen-bond donors (Lipinski definition) is 1. The molecule has 1 heterocycles. The highest BCUT2D eigenvalue weighted by Crippen LogP contribution is 2.36. The Hall–Kier alpha value is -2.68. The number of amides is 1. The number of nitro benzene ring substituents is 1. The smallest absolute Gasteiger partial charge is 0.449 e. The number of rotatable bonds is 6. The van der Waals surface area contributed by atoms with E-state index in [-0.39, 0.29) is 29.7 Å². The monoisotopic (exact) mass is 324 g/mol. The molecule has 9 nitrogen and oxygen atoms in total. The van der Waals surface area contributed by atoms with Gasteiger partial charge in [0.1, 0.15) is 5.75 Å². The number of hydrogen-bond acceptors (Lipinski definition) is 6. The topological polar surface area (TPSA) is 119 Å². The number of nitrogens with zero attached hydrogens (tertiary/aromatic N) is 2. The molecule has 0 aliphatic carbocycles. The van der Waals surface area contributed by atoms with E-state index in [1.54, 1.807) is 4.90 Å². The molecule has 124 valence electrons. The lowest BCUT2D eigenvalue weighted by Gasteiger charge is -2.17. The number of carbonyl (C=O) groups is 2. The van der Waals surface area contributed by atoms with Gasteiger partial charge in [0.2, 0.25) is 5.91 Å². The number of carboxylic acid groups (broad SMARTS) is 1. The Labute approximate surface area is 131 Å². The van der Waals surface area contributed by atoms with Crippen LogP contribution in [0.5, 0.6) is 5.75 Å². The van der Waals surface area contributed by atoms with E-state index in [0.29, 0.717) is 25.3 Å².